The molecule has 5 rings (SSSR count). The molecule has 0 N–H and O–H groups in total. The zero-order valence-electron chi connectivity index (χ0n) is 44.3. The summed E-state index contributed by atoms with van der Waals surface area (Å²) in [6.07, 6.45) is 45.7. The first-order valence-corrected chi connectivity index (χ1v) is 29.6. The van der Waals surface area contributed by atoms with E-state index in [9.17, 15) is 14.4 Å². The first kappa shape index (κ1) is 58.1. The number of ether oxygens (including phenoxy) is 8. The summed E-state index contributed by atoms with van der Waals surface area (Å²) in [5, 5.41) is 0. The second-order valence-corrected chi connectivity index (χ2v) is 21.8. The van der Waals surface area contributed by atoms with Gasteiger partial charge in [0.2, 0.25) is 0 Å². The van der Waals surface area contributed by atoms with Crippen LogP contribution in [-0.4, -0.2) is 98.3 Å². The van der Waals surface area contributed by atoms with Crippen LogP contribution >= 0.6 is 0 Å². The molecule has 11 nitrogen and oxygen atoms in total. The van der Waals surface area contributed by atoms with Crippen LogP contribution in [0.1, 0.15) is 271 Å². The summed E-state index contributed by atoms with van der Waals surface area (Å²) in [5.41, 5.74) is 0. The van der Waals surface area contributed by atoms with E-state index in [-0.39, 0.29) is 31.1 Å². The molecule has 0 amide bonds. The second kappa shape index (κ2) is 35.4. The van der Waals surface area contributed by atoms with Crippen molar-refractivity contribution in [1.82, 2.24) is 0 Å². The molecule has 11 unspecified atom stereocenters. The maximum Gasteiger partial charge on any atom is 0.306 e. The minimum absolute atomic E-state index is 0.103. The van der Waals surface area contributed by atoms with Crippen LogP contribution in [0.25, 0.3) is 0 Å². The van der Waals surface area contributed by atoms with Crippen LogP contribution < -0.4 is 0 Å². The van der Waals surface area contributed by atoms with Crippen molar-refractivity contribution < 1.29 is 52.3 Å². The molecule has 69 heavy (non-hydrogen) atoms. The summed E-state index contributed by atoms with van der Waals surface area (Å²) < 4.78 is 46.4. The average Bonchev–Trinajstić information content (AvgIpc) is 4.07. The van der Waals surface area contributed by atoms with Crippen LogP contribution in [-0.2, 0) is 52.3 Å². The topological polar surface area (TPSA) is 142 Å². The number of rotatable bonds is 49. The van der Waals surface area contributed by atoms with Gasteiger partial charge in [-0.05, 0) is 57.8 Å². The van der Waals surface area contributed by atoms with Crippen molar-refractivity contribution in [2.24, 2.45) is 0 Å². The summed E-state index contributed by atoms with van der Waals surface area (Å²) in [6, 6.07) is 0. The quantitative estimate of drug-likeness (QED) is 0.0249. The van der Waals surface area contributed by atoms with Gasteiger partial charge in [0.25, 0.3) is 0 Å². The van der Waals surface area contributed by atoms with E-state index in [1.807, 2.05) is 0 Å². The van der Waals surface area contributed by atoms with E-state index in [0.29, 0.717) is 80.3 Å². The number of carbonyl (C=O) groups is 3. The molecule has 5 fully saturated rings. The highest BCUT2D eigenvalue weighted by atomic mass is 16.6. The van der Waals surface area contributed by atoms with Crippen LogP contribution in [0.15, 0.2) is 0 Å². The zero-order chi connectivity index (χ0) is 48.7. The van der Waals surface area contributed by atoms with Gasteiger partial charge in [0, 0.05) is 32.1 Å². The van der Waals surface area contributed by atoms with Crippen LogP contribution in [0.5, 0.6) is 0 Å². The number of carbonyl (C=O) groups excluding carboxylic acids is 3. The highest BCUT2D eigenvalue weighted by Gasteiger charge is 2.48. The molecule has 11 atom stereocenters. The zero-order valence-corrected chi connectivity index (χ0v) is 44.3. The molecular weight excluding hydrogens is 873 g/mol. The fraction of sp³-hybridized carbons (Fsp3) is 0.948. The predicted octanol–water partition coefficient (Wildman–Crippen LogP) is 14.1. The van der Waals surface area contributed by atoms with E-state index in [1.165, 1.54) is 109 Å². The van der Waals surface area contributed by atoms with Gasteiger partial charge < -0.3 is 37.9 Å². The second-order valence-electron chi connectivity index (χ2n) is 21.8. The van der Waals surface area contributed by atoms with Gasteiger partial charge >= 0.3 is 17.9 Å². The lowest BCUT2D eigenvalue weighted by molar-refractivity contribution is -0.167. The Morgan fingerprint density at radius 1 is 0.319 bits per heavy atom. The Bertz CT molecular complexity index is 1360. The minimum atomic E-state index is -0.810. The fourth-order valence-corrected chi connectivity index (χ4v) is 10.5. The summed E-state index contributed by atoms with van der Waals surface area (Å²) in [5.74, 6) is -0.948. The third-order valence-corrected chi connectivity index (χ3v) is 15.4. The standard InChI is InChI=1S/C58H102O11/c1-4-7-10-12-16-25-33-46-47(65-46)34-26-17-13-20-29-38-56(59)62-43-45(44-63-57(60)39-30-21-14-18-27-36-50-54(68-50)41-52-48(66-52)32-23-9-6-3)64-58(61)40-31-22-15-19-28-37-51-55(69-51)42-53-49(67-53)35-24-11-8-5-2/h45-55H,4-44H2,1-3H3. The van der Waals surface area contributed by atoms with Gasteiger partial charge in [0.1, 0.15) is 13.2 Å². The van der Waals surface area contributed by atoms with Crippen molar-refractivity contribution in [2.45, 2.75) is 338 Å². The Kier molecular flexibility index (Phi) is 29.8. The summed E-state index contributed by atoms with van der Waals surface area (Å²) in [7, 11) is 0. The van der Waals surface area contributed by atoms with E-state index in [0.717, 1.165) is 122 Å². The smallest absolute Gasteiger partial charge is 0.306 e. The lowest BCUT2D eigenvalue weighted by atomic mass is 10.0. The molecular formula is C58H102O11. The molecule has 0 aromatic rings. The molecule has 0 saturated carbocycles. The molecule has 0 aromatic heterocycles. The molecule has 0 aromatic carbocycles. The normalized spacial score (nSPS) is 26.7. The monoisotopic (exact) mass is 975 g/mol. The SMILES string of the molecule is CCCCCCCCC1OC1CCCCCCCC(=O)OCC(COC(=O)CCCCCCCC1OC1CC1OC1CCCCC)OC(=O)CCCCCCCC1OC1CC1OC1CCCCCC. The Morgan fingerprint density at radius 3 is 0.928 bits per heavy atom. The first-order chi connectivity index (χ1) is 33.9. The number of hydrogen-bond donors (Lipinski definition) is 0. The molecule has 5 saturated heterocycles. The first-order valence-electron chi connectivity index (χ1n) is 29.6. The van der Waals surface area contributed by atoms with E-state index < -0.39 is 6.10 Å². The molecule has 0 aliphatic carbocycles. The molecule has 5 aliphatic rings. The van der Waals surface area contributed by atoms with Crippen LogP contribution in [0.3, 0.4) is 0 Å². The molecule has 11 heteroatoms. The van der Waals surface area contributed by atoms with E-state index >= 15 is 0 Å². The van der Waals surface area contributed by atoms with Gasteiger partial charge in [0.05, 0.1) is 61.0 Å². The largest absolute Gasteiger partial charge is 0.462 e. The Morgan fingerprint density at radius 2 is 0.565 bits per heavy atom. The van der Waals surface area contributed by atoms with Gasteiger partial charge in [-0.3, -0.25) is 14.4 Å². The molecule has 5 heterocycles. The lowest BCUT2D eigenvalue weighted by Crippen LogP contribution is -2.30. The predicted molar refractivity (Wildman–Crippen MR) is 272 cm³/mol. The Balaban J connectivity index is 0.866. The van der Waals surface area contributed by atoms with Gasteiger partial charge in [-0.1, -0.05) is 181 Å². The highest BCUT2D eigenvalue weighted by molar-refractivity contribution is 5.71. The maximum absolute atomic E-state index is 12.9. The molecule has 0 bridgehead atoms. The minimum Gasteiger partial charge on any atom is -0.462 e. The summed E-state index contributed by atoms with van der Waals surface area (Å²) >= 11 is 0. The van der Waals surface area contributed by atoms with E-state index in [4.69, 9.17) is 37.9 Å². The molecule has 0 radical (unpaired) electrons. The fourth-order valence-electron chi connectivity index (χ4n) is 10.5. The van der Waals surface area contributed by atoms with Gasteiger partial charge in [-0.2, -0.15) is 0 Å². The van der Waals surface area contributed by atoms with Crippen molar-refractivity contribution in [3.05, 3.63) is 0 Å². The van der Waals surface area contributed by atoms with Gasteiger partial charge in [0.15, 0.2) is 6.10 Å². The van der Waals surface area contributed by atoms with Crippen molar-refractivity contribution in [2.75, 3.05) is 13.2 Å². The number of hydrogen-bond acceptors (Lipinski definition) is 11. The van der Waals surface area contributed by atoms with Crippen molar-refractivity contribution in [3.63, 3.8) is 0 Å². The highest BCUT2D eigenvalue weighted by Crippen LogP contribution is 2.40. The third kappa shape index (κ3) is 27.7. The number of esters is 3. The van der Waals surface area contributed by atoms with E-state index in [2.05, 4.69) is 20.8 Å². The Hall–Kier alpha value is -1.79. The van der Waals surface area contributed by atoms with E-state index in [1.54, 1.807) is 0 Å². The number of epoxide rings is 5. The van der Waals surface area contributed by atoms with Crippen molar-refractivity contribution in [3.8, 4) is 0 Å². The molecule has 0 spiro atoms. The number of unbranched alkanes of at least 4 members (excludes halogenated alkanes) is 22. The molecule has 400 valence electrons. The molecule has 5 aliphatic heterocycles. The summed E-state index contributed by atoms with van der Waals surface area (Å²) in [4.78, 5) is 38.4. The van der Waals surface area contributed by atoms with Crippen molar-refractivity contribution in [1.29, 1.82) is 0 Å². The van der Waals surface area contributed by atoms with Gasteiger partial charge in [-0.25, -0.2) is 0 Å². The summed E-state index contributed by atoms with van der Waals surface area (Å²) in [6.45, 7) is 6.54. The van der Waals surface area contributed by atoms with Crippen molar-refractivity contribution >= 4 is 17.9 Å². The lowest BCUT2D eigenvalue weighted by Gasteiger charge is -2.18. The maximum atomic E-state index is 12.9. The average molecular weight is 975 g/mol. The Labute approximate surface area is 420 Å². The van der Waals surface area contributed by atoms with Crippen LogP contribution in [0.2, 0.25) is 0 Å². The van der Waals surface area contributed by atoms with Crippen LogP contribution in [0.4, 0.5) is 0 Å². The third-order valence-electron chi connectivity index (χ3n) is 15.4. The van der Waals surface area contributed by atoms with Gasteiger partial charge in [-0.15, -0.1) is 0 Å². The van der Waals surface area contributed by atoms with Crippen LogP contribution in [0, 0.1) is 0 Å².